The quantitative estimate of drug-likeness (QED) is 0.229. The van der Waals surface area contributed by atoms with E-state index in [1.165, 1.54) is 60.7 Å². The maximum atomic E-state index is 5.10. The highest BCUT2D eigenvalue weighted by molar-refractivity contribution is 6.14. The van der Waals surface area contributed by atoms with Crippen LogP contribution in [0.5, 0.6) is 0 Å². The minimum absolute atomic E-state index is 0.968. The second kappa shape index (κ2) is 6.13. The van der Waals surface area contributed by atoms with Crippen molar-refractivity contribution in [2.45, 2.75) is 12.8 Å². The van der Waals surface area contributed by atoms with Gasteiger partial charge in [0.25, 0.3) is 0 Å². The lowest BCUT2D eigenvalue weighted by Gasteiger charge is -2.12. The van der Waals surface area contributed by atoms with Crippen LogP contribution in [0.4, 0.5) is 0 Å². The number of para-hydroxylation sites is 2. The molecule has 0 saturated carbocycles. The summed E-state index contributed by atoms with van der Waals surface area (Å²) in [4.78, 5) is 9.91. The summed E-state index contributed by atoms with van der Waals surface area (Å²) in [6.07, 6.45) is 3.87. The normalized spacial score (nSPS) is 13.5. The standard InChI is InChI=1S/C32H19N3/c1-2-7-21-18(6-1)15-26-22(21)12-11-19-14-20-16-25-23-8-5-13-33-31(23)35-29-10-4-3-9-28(29)34-32(35)27(25)17-24(20)30(19)26/h1-13,16-17H,14-15H2. The molecule has 7 aromatic rings. The first-order chi connectivity index (χ1) is 17.3. The first kappa shape index (κ1) is 17.9. The van der Waals surface area contributed by atoms with E-state index < -0.39 is 0 Å². The highest BCUT2D eigenvalue weighted by Gasteiger charge is 2.29. The molecule has 0 fully saturated rings. The van der Waals surface area contributed by atoms with Crippen molar-refractivity contribution in [1.29, 1.82) is 0 Å². The molecule has 35 heavy (non-hydrogen) atoms. The number of aromatic nitrogens is 3. The van der Waals surface area contributed by atoms with Gasteiger partial charge in [-0.05, 0) is 99.1 Å². The van der Waals surface area contributed by atoms with Gasteiger partial charge in [-0.2, -0.15) is 0 Å². The molecular weight excluding hydrogens is 426 g/mol. The lowest BCUT2D eigenvalue weighted by Crippen LogP contribution is -1.95. The van der Waals surface area contributed by atoms with Crippen molar-refractivity contribution in [2.24, 2.45) is 0 Å². The van der Waals surface area contributed by atoms with Gasteiger partial charge in [0.05, 0.1) is 11.0 Å². The van der Waals surface area contributed by atoms with Gasteiger partial charge in [0.15, 0.2) is 0 Å². The molecule has 9 rings (SSSR count). The SMILES string of the molecule is c1ccc2c(c1)Cc1c-2ccc2c1-c1cc3c(cc1C2)c1cccnc1n1c2ccccc2nc31. The molecule has 0 saturated heterocycles. The van der Waals surface area contributed by atoms with Crippen LogP contribution in [-0.4, -0.2) is 14.4 Å². The molecule has 162 valence electrons. The van der Waals surface area contributed by atoms with Crippen LogP contribution < -0.4 is 0 Å². The van der Waals surface area contributed by atoms with E-state index in [1.807, 2.05) is 12.3 Å². The van der Waals surface area contributed by atoms with E-state index in [0.717, 1.165) is 35.2 Å². The van der Waals surface area contributed by atoms with Gasteiger partial charge in [0.2, 0.25) is 0 Å². The molecule has 0 amide bonds. The highest BCUT2D eigenvalue weighted by Crippen LogP contribution is 2.49. The Labute approximate surface area is 201 Å². The summed E-state index contributed by atoms with van der Waals surface area (Å²) in [5.74, 6) is 0. The molecule has 3 aromatic heterocycles. The molecule has 0 spiro atoms. The Morgan fingerprint density at radius 1 is 0.600 bits per heavy atom. The van der Waals surface area contributed by atoms with Gasteiger partial charge in [-0.15, -0.1) is 0 Å². The van der Waals surface area contributed by atoms with Gasteiger partial charge in [0.1, 0.15) is 11.3 Å². The van der Waals surface area contributed by atoms with Crippen molar-refractivity contribution in [3.63, 3.8) is 0 Å². The Balaban J connectivity index is 1.42. The minimum Gasteiger partial charge on any atom is -0.276 e. The van der Waals surface area contributed by atoms with E-state index in [4.69, 9.17) is 9.97 Å². The zero-order chi connectivity index (χ0) is 22.7. The van der Waals surface area contributed by atoms with Gasteiger partial charge >= 0.3 is 0 Å². The van der Waals surface area contributed by atoms with E-state index in [1.54, 1.807) is 0 Å². The molecule has 0 unspecified atom stereocenters. The van der Waals surface area contributed by atoms with Gasteiger partial charge in [-0.3, -0.25) is 4.40 Å². The van der Waals surface area contributed by atoms with Crippen LogP contribution >= 0.6 is 0 Å². The van der Waals surface area contributed by atoms with E-state index in [2.05, 4.69) is 83.3 Å². The summed E-state index contributed by atoms with van der Waals surface area (Å²) in [5, 5.41) is 3.61. The zero-order valence-corrected chi connectivity index (χ0v) is 18.9. The fourth-order valence-electron chi connectivity index (χ4n) is 6.59. The Morgan fingerprint density at radius 3 is 2.51 bits per heavy atom. The van der Waals surface area contributed by atoms with Crippen LogP contribution in [0.25, 0.3) is 60.7 Å². The Kier molecular flexibility index (Phi) is 3.14. The van der Waals surface area contributed by atoms with Crippen LogP contribution in [0.3, 0.4) is 0 Å². The smallest absolute Gasteiger partial charge is 0.147 e. The average Bonchev–Trinajstić information content (AvgIpc) is 3.58. The summed E-state index contributed by atoms with van der Waals surface area (Å²) in [7, 11) is 0. The third-order valence-electron chi connectivity index (χ3n) is 8.06. The molecule has 4 aromatic carbocycles. The summed E-state index contributed by atoms with van der Waals surface area (Å²) >= 11 is 0. The lowest BCUT2D eigenvalue weighted by molar-refractivity contribution is 1.23. The number of fused-ring (bicyclic) bond motifs is 15. The van der Waals surface area contributed by atoms with Crippen molar-refractivity contribution in [3.05, 3.63) is 113 Å². The van der Waals surface area contributed by atoms with E-state index >= 15 is 0 Å². The lowest BCUT2D eigenvalue weighted by atomic mass is 9.94. The van der Waals surface area contributed by atoms with Crippen LogP contribution in [0.1, 0.15) is 22.3 Å². The van der Waals surface area contributed by atoms with Gasteiger partial charge in [-0.25, -0.2) is 9.97 Å². The fraction of sp³-hybridized carbons (Fsp3) is 0.0625. The molecule has 3 heteroatoms. The van der Waals surface area contributed by atoms with Gasteiger partial charge < -0.3 is 0 Å². The average molecular weight is 446 g/mol. The maximum Gasteiger partial charge on any atom is 0.147 e. The summed E-state index contributed by atoms with van der Waals surface area (Å²) in [6, 6.07) is 31.0. The second-order valence-corrected chi connectivity index (χ2v) is 9.83. The maximum absolute atomic E-state index is 5.10. The molecular formula is C32H19N3. The Bertz CT molecular complexity index is 2060. The second-order valence-electron chi connectivity index (χ2n) is 9.83. The number of benzene rings is 4. The largest absolute Gasteiger partial charge is 0.276 e. The minimum atomic E-state index is 0.968. The Morgan fingerprint density at radius 2 is 1.51 bits per heavy atom. The number of rotatable bonds is 0. The van der Waals surface area contributed by atoms with Crippen LogP contribution in [0, 0.1) is 0 Å². The Hall–Kier alpha value is -4.50. The fourth-order valence-corrected chi connectivity index (χ4v) is 6.59. The van der Waals surface area contributed by atoms with Crippen molar-refractivity contribution < 1.29 is 0 Å². The van der Waals surface area contributed by atoms with Crippen molar-refractivity contribution in [2.75, 3.05) is 0 Å². The van der Waals surface area contributed by atoms with Crippen molar-refractivity contribution in [3.8, 4) is 22.3 Å². The molecule has 3 nitrogen and oxygen atoms in total. The monoisotopic (exact) mass is 445 g/mol. The third-order valence-corrected chi connectivity index (χ3v) is 8.06. The molecule has 3 heterocycles. The number of pyridine rings is 2. The summed E-state index contributed by atoms with van der Waals surface area (Å²) in [5.41, 5.74) is 15.4. The number of hydrogen-bond acceptors (Lipinski definition) is 2. The molecule has 0 N–H and O–H groups in total. The van der Waals surface area contributed by atoms with Gasteiger partial charge in [-0.1, -0.05) is 48.5 Å². The van der Waals surface area contributed by atoms with E-state index in [-0.39, 0.29) is 0 Å². The van der Waals surface area contributed by atoms with Crippen LogP contribution in [0.2, 0.25) is 0 Å². The number of imidazole rings is 1. The zero-order valence-electron chi connectivity index (χ0n) is 18.9. The predicted octanol–water partition coefficient (Wildman–Crippen LogP) is 7.33. The molecule has 2 aliphatic carbocycles. The van der Waals surface area contributed by atoms with E-state index in [0.29, 0.717) is 0 Å². The van der Waals surface area contributed by atoms with Gasteiger partial charge in [0, 0.05) is 17.0 Å². The van der Waals surface area contributed by atoms with Crippen molar-refractivity contribution in [1.82, 2.24) is 14.4 Å². The third kappa shape index (κ3) is 2.17. The summed E-state index contributed by atoms with van der Waals surface area (Å²) < 4.78 is 2.24. The summed E-state index contributed by atoms with van der Waals surface area (Å²) in [6.45, 7) is 0. The predicted molar refractivity (Wildman–Crippen MR) is 142 cm³/mol. The van der Waals surface area contributed by atoms with Crippen molar-refractivity contribution >= 4 is 38.5 Å². The highest BCUT2D eigenvalue weighted by atomic mass is 15.1. The van der Waals surface area contributed by atoms with E-state index in [9.17, 15) is 0 Å². The van der Waals surface area contributed by atoms with Crippen LogP contribution in [-0.2, 0) is 12.8 Å². The topological polar surface area (TPSA) is 30.2 Å². The number of hydrogen-bond donors (Lipinski definition) is 0. The van der Waals surface area contributed by atoms with Crippen LogP contribution in [0.15, 0.2) is 91.1 Å². The molecule has 0 aliphatic heterocycles. The first-order valence-corrected chi connectivity index (χ1v) is 12.2. The molecule has 0 atom stereocenters. The molecule has 0 bridgehead atoms. The first-order valence-electron chi connectivity index (χ1n) is 12.2. The number of nitrogens with zero attached hydrogens (tertiary/aromatic N) is 3. The molecule has 2 aliphatic rings. The molecule has 0 radical (unpaired) electrons.